The van der Waals surface area contributed by atoms with Gasteiger partial charge < -0.3 is 19.9 Å². The van der Waals surface area contributed by atoms with E-state index in [1.807, 2.05) is 44.3 Å². The zero-order valence-corrected chi connectivity index (χ0v) is 19.5. The molecule has 3 amide bonds. The van der Waals surface area contributed by atoms with E-state index in [0.29, 0.717) is 19.6 Å². The van der Waals surface area contributed by atoms with Crippen LogP contribution in [0.5, 0.6) is 0 Å². The minimum atomic E-state index is -0.349. The molecule has 8 nitrogen and oxygen atoms in total. The number of hydrazine groups is 1. The number of likely N-dealkylation sites (N-methyl/N-ethyl adjacent to an activating group) is 3. The van der Waals surface area contributed by atoms with Gasteiger partial charge in [-0.05, 0) is 32.4 Å². The summed E-state index contributed by atoms with van der Waals surface area (Å²) in [6.45, 7) is 8.27. The summed E-state index contributed by atoms with van der Waals surface area (Å²) in [6, 6.07) is 9.63. The van der Waals surface area contributed by atoms with Gasteiger partial charge in [0.1, 0.15) is 6.17 Å². The van der Waals surface area contributed by atoms with E-state index in [2.05, 4.69) is 17.1 Å². The summed E-state index contributed by atoms with van der Waals surface area (Å²) in [6.07, 6.45) is 2.80. The molecular weight excluding hydrogens is 394 g/mol. The van der Waals surface area contributed by atoms with Gasteiger partial charge in [-0.3, -0.25) is 4.79 Å². The Labute approximate surface area is 187 Å². The Balaban J connectivity index is 1.98. The summed E-state index contributed by atoms with van der Waals surface area (Å²) in [5.74, 6) is 0.0402. The van der Waals surface area contributed by atoms with Crippen LogP contribution in [0.2, 0.25) is 0 Å². The maximum absolute atomic E-state index is 13.1. The molecule has 1 aliphatic rings. The molecule has 0 aromatic heterocycles. The molecule has 31 heavy (non-hydrogen) atoms. The van der Waals surface area contributed by atoms with Gasteiger partial charge >= 0.3 is 6.03 Å². The molecule has 1 heterocycles. The molecule has 1 saturated heterocycles. The number of carbonyl (C=O) groups is 2. The summed E-state index contributed by atoms with van der Waals surface area (Å²) in [7, 11) is 3.82. The van der Waals surface area contributed by atoms with Gasteiger partial charge in [0, 0.05) is 46.4 Å². The molecule has 0 bridgehead atoms. The number of amides is 3. The molecule has 1 fully saturated rings. The quantitative estimate of drug-likeness (QED) is 0.513. The highest BCUT2D eigenvalue weighted by atomic mass is 16.5. The topological polar surface area (TPSA) is 68.4 Å². The van der Waals surface area contributed by atoms with E-state index in [9.17, 15) is 9.59 Å². The molecule has 1 unspecified atom stereocenters. The Morgan fingerprint density at radius 1 is 1.19 bits per heavy atom. The number of rotatable bonds is 12. The third-order valence-corrected chi connectivity index (χ3v) is 5.48. The monoisotopic (exact) mass is 433 g/mol. The lowest BCUT2D eigenvalue weighted by molar-refractivity contribution is -0.163. The second kappa shape index (κ2) is 13.3. The van der Waals surface area contributed by atoms with Crippen molar-refractivity contribution < 1.29 is 14.3 Å². The third-order valence-electron chi connectivity index (χ3n) is 5.48. The predicted octanol–water partition coefficient (Wildman–Crippen LogP) is 2.37. The minimum absolute atomic E-state index is 0.0402. The van der Waals surface area contributed by atoms with Crippen LogP contribution < -0.4 is 5.32 Å². The van der Waals surface area contributed by atoms with Crippen molar-refractivity contribution in [2.24, 2.45) is 0 Å². The summed E-state index contributed by atoms with van der Waals surface area (Å²) >= 11 is 0. The van der Waals surface area contributed by atoms with Crippen LogP contribution >= 0.6 is 0 Å². The zero-order chi connectivity index (χ0) is 22.6. The summed E-state index contributed by atoms with van der Waals surface area (Å²) in [5.41, 5.74) is 1.04. The Morgan fingerprint density at radius 2 is 1.90 bits per heavy atom. The lowest BCUT2D eigenvalue weighted by Crippen LogP contribution is -2.69. The van der Waals surface area contributed by atoms with E-state index >= 15 is 0 Å². The molecule has 8 heteroatoms. The summed E-state index contributed by atoms with van der Waals surface area (Å²) in [4.78, 5) is 29.7. The summed E-state index contributed by atoms with van der Waals surface area (Å²) in [5, 5.41) is 6.41. The van der Waals surface area contributed by atoms with Crippen LogP contribution in [0.4, 0.5) is 4.79 Å². The Morgan fingerprint density at radius 3 is 2.58 bits per heavy atom. The molecule has 1 aromatic rings. The number of hydrogen-bond donors (Lipinski definition) is 1. The van der Waals surface area contributed by atoms with E-state index < -0.39 is 0 Å². The van der Waals surface area contributed by atoms with Crippen LogP contribution in [0.3, 0.4) is 0 Å². The molecule has 0 aliphatic carbocycles. The first kappa shape index (κ1) is 25.1. The Bertz CT molecular complexity index is 672. The highest BCUT2D eigenvalue weighted by Crippen LogP contribution is 2.17. The van der Waals surface area contributed by atoms with Crippen LogP contribution in [-0.2, 0) is 16.1 Å². The van der Waals surface area contributed by atoms with Crippen LogP contribution in [0.1, 0.15) is 38.7 Å². The molecule has 0 spiro atoms. The van der Waals surface area contributed by atoms with Crippen LogP contribution in [0.15, 0.2) is 30.3 Å². The molecular formula is C23H39N5O3. The Kier molecular flexibility index (Phi) is 10.8. The number of nitrogens with zero attached hydrogens (tertiary/aromatic N) is 4. The molecule has 0 radical (unpaired) electrons. The SMILES string of the molecule is CCCCOCCCN(C)CC1N(CC)C(=O)CN(C)N1C(=O)NCc1ccccc1. The molecule has 1 aromatic carbocycles. The van der Waals surface area contributed by atoms with Crippen molar-refractivity contribution in [3.8, 4) is 0 Å². The van der Waals surface area contributed by atoms with Gasteiger partial charge in [0.2, 0.25) is 5.91 Å². The Hall–Kier alpha value is -2.16. The number of urea groups is 1. The van der Waals surface area contributed by atoms with Crippen molar-refractivity contribution in [3.63, 3.8) is 0 Å². The van der Waals surface area contributed by atoms with Gasteiger partial charge in [0.25, 0.3) is 0 Å². The highest BCUT2D eigenvalue weighted by molar-refractivity contribution is 5.82. The second-order valence-corrected chi connectivity index (χ2v) is 8.05. The molecule has 1 atom stereocenters. The number of ether oxygens (including phenoxy) is 1. The fourth-order valence-electron chi connectivity index (χ4n) is 3.75. The van der Waals surface area contributed by atoms with E-state index in [-0.39, 0.29) is 24.6 Å². The lowest BCUT2D eigenvalue weighted by Gasteiger charge is -2.48. The smallest absolute Gasteiger partial charge is 0.334 e. The van der Waals surface area contributed by atoms with Gasteiger partial charge in [-0.2, -0.15) is 0 Å². The van der Waals surface area contributed by atoms with Gasteiger partial charge in [0.05, 0.1) is 6.54 Å². The van der Waals surface area contributed by atoms with Crippen molar-refractivity contribution in [2.45, 2.75) is 45.8 Å². The van der Waals surface area contributed by atoms with E-state index in [0.717, 1.165) is 44.6 Å². The number of carbonyl (C=O) groups excluding carboxylic acids is 2. The second-order valence-electron chi connectivity index (χ2n) is 8.05. The maximum Gasteiger partial charge on any atom is 0.334 e. The highest BCUT2D eigenvalue weighted by Gasteiger charge is 2.39. The maximum atomic E-state index is 13.1. The van der Waals surface area contributed by atoms with Gasteiger partial charge in [-0.25, -0.2) is 14.8 Å². The standard InChI is InChI=1S/C23H39N5O3/c1-5-7-15-31-16-11-14-25(3)18-21-27(6-2)22(29)19-26(4)28(21)23(30)24-17-20-12-9-8-10-13-20/h8-10,12-13,21H,5-7,11,14-19H2,1-4H3,(H,24,30). The predicted molar refractivity (Wildman–Crippen MR) is 122 cm³/mol. The normalized spacial score (nSPS) is 17.5. The van der Waals surface area contributed by atoms with Crippen molar-refractivity contribution in [3.05, 3.63) is 35.9 Å². The minimum Gasteiger partial charge on any atom is -0.381 e. The number of hydrogen-bond acceptors (Lipinski definition) is 5. The van der Waals surface area contributed by atoms with E-state index in [1.165, 1.54) is 0 Å². The van der Waals surface area contributed by atoms with Crippen molar-refractivity contribution in [2.75, 3.05) is 53.5 Å². The lowest BCUT2D eigenvalue weighted by atomic mass is 10.2. The third kappa shape index (κ3) is 7.79. The number of benzene rings is 1. The molecule has 1 aliphatic heterocycles. The van der Waals surface area contributed by atoms with Crippen LogP contribution in [0.25, 0.3) is 0 Å². The fraction of sp³-hybridized carbons (Fsp3) is 0.652. The first-order valence-corrected chi connectivity index (χ1v) is 11.4. The van der Waals surface area contributed by atoms with Gasteiger partial charge in [0.15, 0.2) is 0 Å². The molecule has 1 N–H and O–H groups in total. The first-order valence-electron chi connectivity index (χ1n) is 11.4. The average molecular weight is 434 g/mol. The largest absolute Gasteiger partial charge is 0.381 e. The fourth-order valence-corrected chi connectivity index (χ4v) is 3.75. The van der Waals surface area contributed by atoms with E-state index in [4.69, 9.17) is 4.74 Å². The number of unbranched alkanes of at least 4 members (excludes halogenated alkanes) is 1. The van der Waals surface area contributed by atoms with Crippen molar-refractivity contribution in [1.29, 1.82) is 0 Å². The first-order chi connectivity index (χ1) is 15.0. The summed E-state index contributed by atoms with van der Waals surface area (Å²) < 4.78 is 5.65. The van der Waals surface area contributed by atoms with Crippen molar-refractivity contribution >= 4 is 11.9 Å². The van der Waals surface area contributed by atoms with E-state index in [1.54, 1.807) is 22.0 Å². The molecule has 174 valence electrons. The van der Waals surface area contributed by atoms with Crippen molar-refractivity contribution in [1.82, 2.24) is 25.1 Å². The van der Waals surface area contributed by atoms with Gasteiger partial charge in [-0.15, -0.1) is 0 Å². The molecule has 0 saturated carbocycles. The molecule has 2 rings (SSSR count). The van der Waals surface area contributed by atoms with Crippen LogP contribution in [0, 0.1) is 0 Å². The van der Waals surface area contributed by atoms with Crippen LogP contribution in [-0.4, -0.2) is 91.4 Å². The zero-order valence-electron chi connectivity index (χ0n) is 19.5. The van der Waals surface area contributed by atoms with Gasteiger partial charge in [-0.1, -0.05) is 43.7 Å². The average Bonchev–Trinajstić information content (AvgIpc) is 2.75. The number of nitrogens with one attached hydrogen (secondary N) is 1.